The molecule has 4 rings (SSSR count). The summed E-state index contributed by atoms with van der Waals surface area (Å²) < 4.78 is 11.4. The molecule has 0 bridgehead atoms. The largest absolute Gasteiger partial charge is 0.485 e. The number of nitriles is 1. The van der Waals surface area contributed by atoms with E-state index in [4.69, 9.17) is 9.47 Å². The van der Waals surface area contributed by atoms with E-state index in [9.17, 15) is 20.0 Å². The van der Waals surface area contributed by atoms with Crippen molar-refractivity contribution in [2.45, 2.75) is 57.1 Å². The Morgan fingerprint density at radius 1 is 1.26 bits per heavy atom. The van der Waals surface area contributed by atoms with Crippen LogP contribution in [0, 0.1) is 11.3 Å². The van der Waals surface area contributed by atoms with Crippen LogP contribution in [0.2, 0.25) is 0 Å². The highest BCUT2D eigenvalue weighted by Crippen LogP contribution is 2.43. The van der Waals surface area contributed by atoms with E-state index < -0.39 is 29.9 Å². The third-order valence-electron chi connectivity index (χ3n) is 6.58. The number of hydrogen-bond donors (Lipinski definition) is 1. The van der Waals surface area contributed by atoms with Crippen LogP contribution in [0.25, 0.3) is 0 Å². The van der Waals surface area contributed by atoms with E-state index in [-0.39, 0.29) is 12.5 Å². The number of aliphatic hydroxyl groups is 1. The van der Waals surface area contributed by atoms with E-state index in [0.717, 1.165) is 5.56 Å². The first-order chi connectivity index (χ1) is 16.2. The Labute approximate surface area is 199 Å². The molecule has 2 aliphatic rings. The number of hydrogen-bond acceptors (Lipinski definition) is 6. The van der Waals surface area contributed by atoms with Gasteiger partial charge in [0.1, 0.15) is 30.1 Å². The summed E-state index contributed by atoms with van der Waals surface area (Å²) in [5.74, 6) is 0.230. The number of rotatable bonds is 4. The standard InChI is InChI=1S/C26H29N3O5/c1-26(2)23(30)22(19-14-18(15-27)11-12-21(19)34-26)28(3)24(31)20-10-7-13-29(20)25(32)33-16-17-8-5-4-6-9-17/h4-6,8-9,11-12,14,20,22-23,30H,7,10,13,16H2,1-3H3/t20-,22?,23?/m0/s1. The summed E-state index contributed by atoms with van der Waals surface area (Å²) in [7, 11) is 1.62. The fraction of sp³-hybridized carbons (Fsp3) is 0.423. The molecule has 1 N–H and O–H groups in total. The van der Waals surface area contributed by atoms with Crippen LogP contribution >= 0.6 is 0 Å². The SMILES string of the molecule is CN(C(=O)[C@@H]1CCCN1C(=O)OCc1ccccc1)C1c2cc(C#N)ccc2OC(C)(C)C1O. The molecule has 2 unspecified atom stereocenters. The number of ether oxygens (including phenoxy) is 2. The molecular weight excluding hydrogens is 434 g/mol. The zero-order valence-corrected chi connectivity index (χ0v) is 19.6. The number of carbonyl (C=O) groups is 2. The minimum absolute atomic E-state index is 0.129. The highest BCUT2D eigenvalue weighted by atomic mass is 16.6. The molecule has 0 saturated carbocycles. The maximum Gasteiger partial charge on any atom is 0.410 e. The van der Waals surface area contributed by atoms with E-state index in [2.05, 4.69) is 6.07 Å². The molecule has 2 amide bonds. The van der Waals surface area contributed by atoms with Crippen molar-refractivity contribution >= 4 is 12.0 Å². The van der Waals surface area contributed by atoms with E-state index in [0.29, 0.717) is 36.3 Å². The fourth-order valence-electron chi connectivity index (χ4n) is 4.67. The Morgan fingerprint density at radius 3 is 2.71 bits per heavy atom. The van der Waals surface area contributed by atoms with Crippen LogP contribution in [0.3, 0.4) is 0 Å². The number of fused-ring (bicyclic) bond motifs is 1. The Morgan fingerprint density at radius 2 is 2.00 bits per heavy atom. The maximum atomic E-state index is 13.6. The molecule has 2 aromatic carbocycles. The molecule has 34 heavy (non-hydrogen) atoms. The van der Waals surface area contributed by atoms with Crippen molar-refractivity contribution in [3.63, 3.8) is 0 Å². The van der Waals surface area contributed by atoms with E-state index in [1.165, 1.54) is 9.80 Å². The monoisotopic (exact) mass is 463 g/mol. The first-order valence-electron chi connectivity index (χ1n) is 11.4. The molecule has 2 heterocycles. The molecule has 8 heteroatoms. The van der Waals surface area contributed by atoms with Gasteiger partial charge in [-0.1, -0.05) is 30.3 Å². The third kappa shape index (κ3) is 4.44. The van der Waals surface area contributed by atoms with Crippen molar-refractivity contribution in [2.24, 2.45) is 0 Å². The Kier molecular flexibility index (Phi) is 6.49. The molecule has 1 fully saturated rings. The van der Waals surface area contributed by atoms with Crippen LogP contribution in [-0.2, 0) is 16.1 Å². The lowest BCUT2D eigenvalue weighted by Crippen LogP contribution is -2.56. The molecule has 2 aliphatic heterocycles. The quantitative estimate of drug-likeness (QED) is 0.746. The zero-order valence-electron chi connectivity index (χ0n) is 19.6. The smallest absolute Gasteiger partial charge is 0.410 e. The van der Waals surface area contributed by atoms with Crippen LogP contribution in [-0.4, -0.2) is 58.2 Å². The fourth-order valence-corrected chi connectivity index (χ4v) is 4.67. The predicted molar refractivity (Wildman–Crippen MR) is 124 cm³/mol. The minimum atomic E-state index is -1.04. The number of carbonyl (C=O) groups excluding carboxylic acids is 2. The van der Waals surface area contributed by atoms with Gasteiger partial charge in [0.25, 0.3) is 0 Å². The van der Waals surface area contributed by atoms with E-state index >= 15 is 0 Å². The molecule has 0 spiro atoms. The summed E-state index contributed by atoms with van der Waals surface area (Å²) in [5, 5.41) is 20.5. The average Bonchev–Trinajstić information content (AvgIpc) is 3.33. The van der Waals surface area contributed by atoms with Gasteiger partial charge in [-0.3, -0.25) is 9.69 Å². The molecule has 3 atom stereocenters. The average molecular weight is 464 g/mol. The van der Waals surface area contributed by atoms with Crippen LogP contribution in [0.1, 0.15) is 49.4 Å². The molecule has 0 aromatic heterocycles. The third-order valence-corrected chi connectivity index (χ3v) is 6.58. The maximum absolute atomic E-state index is 13.6. The summed E-state index contributed by atoms with van der Waals surface area (Å²) in [5.41, 5.74) is 0.891. The molecule has 178 valence electrons. The van der Waals surface area contributed by atoms with Crippen molar-refractivity contribution in [1.29, 1.82) is 5.26 Å². The van der Waals surface area contributed by atoms with Crippen LogP contribution in [0.5, 0.6) is 5.75 Å². The van der Waals surface area contributed by atoms with Gasteiger partial charge >= 0.3 is 6.09 Å². The first kappa shape index (κ1) is 23.6. The Hall–Kier alpha value is -3.57. The number of aliphatic hydroxyl groups excluding tert-OH is 1. The zero-order chi connectivity index (χ0) is 24.5. The topological polar surface area (TPSA) is 103 Å². The number of benzene rings is 2. The first-order valence-corrected chi connectivity index (χ1v) is 11.4. The summed E-state index contributed by atoms with van der Waals surface area (Å²) in [6, 6.07) is 15.0. The minimum Gasteiger partial charge on any atom is -0.485 e. The number of likely N-dealkylation sites (N-methyl/N-ethyl adjacent to an activating group) is 1. The molecule has 1 saturated heterocycles. The van der Waals surface area contributed by atoms with Gasteiger partial charge in [-0.25, -0.2) is 4.79 Å². The van der Waals surface area contributed by atoms with Gasteiger partial charge in [0, 0.05) is 19.2 Å². The number of nitrogens with zero attached hydrogens (tertiary/aromatic N) is 3. The lowest BCUT2D eigenvalue weighted by Gasteiger charge is -2.46. The van der Waals surface area contributed by atoms with Gasteiger partial charge in [0.05, 0.1) is 17.7 Å². The van der Waals surface area contributed by atoms with Gasteiger partial charge in [0.2, 0.25) is 5.91 Å². The second-order valence-electron chi connectivity index (χ2n) is 9.30. The van der Waals surface area contributed by atoms with E-state index in [1.54, 1.807) is 39.1 Å². The second kappa shape index (κ2) is 9.35. The molecule has 0 aliphatic carbocycles. The van der Waals surface area contributed by atoms with Gasteiger partial charge in [-0.05, 0) is 50.5 Å². The molecule has 8 nitrogen and oxygen atoms in total. The Balaban J connectivity index is 1.55. The van der Waals surface area contributed by atoms with Gasteiger partial charge in [-0.15, -0.1) is 0 Å². The van der Waals surface area contributed by atoms with Gasteiger partial charge in [0.15, 0.2) is 0 Å². The van der Waals surface area contributed by atoms with Crippen molar-refractivity contribution in [3.8, 4) is 11.8 Å². The lowest BCUT2D eigenvalue weighted by molar-refractivity contribution is -0.146. The Bertz CT molecular complexity index is 1110. The predicted octanol–water partition coefficient (Wildman–Crippen LogP) is 3.39. The van der Waals surface area contributed by atoms with Crippen molar-refractivity contribution in [1.82, 2.24) is 9.80 Å². The van der Waals surface area contributed by atoms with Crippen LogP contribution in [0.15, 0.2) is 48.5 Å². The normalized spacial score (nSPS) is 22.8. The summed E-state index contributed by atoms with van der Waals surface area (Å²) in [4.78, 5) is 29.4. The number of amides is 2. The summed E-state index contributed by atoms with van der Waals surface area (Å²) in [6.07, 6.45) is -0.380. The molecule has 0 radical (unpaired) electrons. The van der Waals surface area contributed by atoms with Crippen molar-refractivity contribution in [3.05, 3.63) is 65.2 Å². The highest BCUT2D eigenvalue weighted by molar-refractivity contribution is 5.86. The van der Waals surface area contributed by atoms with Crippen LogP contribution in [0.4, 0.5) is 4.79 Å². The van der Waals surface area contributed by atoms with Gasteiger partial charge < -0.3 is 19.5 Å². The van der Waals surface area contributed by atoms with Crippen molar-refractivity contribution in [2.75, 3.05) is 13.6 Å². The molecule has 2 aromatic rings. The molecular formula is C26H29N3O5. The van der Waals surface area contributed by atoms with E-state index in [1.807, 2.05) is 30.3 Å². The van der Waals surface area contributed by atoms with Gasteiger partial charge in [-0.2, -0.15) is 5.26 Å². The van der Waals surface area contributed by atoms with Crippen LogP contribution < -0.4 is 4.74 Å². The summed E-state index contributed by atoms with van der Waals surface area (Å²) in [6.45, 7) is 4.07. The highest BCUT2D eigenvalue weighted by Gasteiger charge is 2.48. The lowest BCUT2D eigenvalue weighted by atomic mass is 9.85. The second-order valence-corrected chi connectivity index (χ2v) is 9.30. The summed E-state index contributed by atoms with van der Waals surface area (Å²) >= 11 is 0. The number of likely N-dealkylation sites (tertiary alicyclic amines) is 1. The van der Waals surface area contributed by atoms with Crippen molar-refractivity contribution < 1.29 is 24.2 Å².